The highest BCUT2D eigenvalue weighted by Crippen LogP contribution is 2.34. The van der Waals surface area contributed by atoms with Gasteiger partial charge in [-0.2, -0.15) is 0 Å². The van der Waals surface area contributed by atoms with Gasteiger partial charge in [0.1, 0.15) is 5.75 Å². The molecule has 0 saturated carbocycles. The first-order valence-corrected chi connectivity index (χ1v) is 10.2. The summed E-state index contributed by atoms with van der Waals surface area (Å²) in [7, 11) is 6.62. The molecule has 0 bridgehead atoms. The molecule has 0 atom stereocenters. The number of ether oxygens (including phenoxy) is 3. The van der Waals surface area contributed by atoms with Crippen LogP contribution in [0.4, 0.5) is 0 Å². The van der Waals surface area contributed by atoms with E-state index in [1.807, 2.05) is 12.1 Å². The third kappa shape index (κ3) is 5.48. The highest BCUT2D eigenvalue weighted by Gasteiger charge is 2.12. The molecule has 0 saturated heterocycles. The molecular weight excluding hydrogens is 374 g/mol. The van der Waals surface area contributed by atoms with Crippen molar-refractivity contribution in [3.8, 4) is 17.2 Å². The lowest BCUT2D eigenvalue weighted by Crippen LogP contribution is -2.36. The molecule has 0 heterocycles. The van der Waals surface area contributed by atoms with Crippen molar-refractivity contribution < 1.29 is 14.2 Å². The number of hydrogen-bond donors (Lipinski definition) is 2. The summed E-state index contributed by atoms with van der Waals surface area (Å²) in [5.41, 5.74) is 3.45. The van der Waals surface area contributed by atoms with Crippen LogP contribution in [0, 0.1) is 6.92 Å². The fourth-order valence-electron chi connectivity index (χ4n) is 2.81. The summed E-state index contributed by atoms with van der Waals surface area (Å²) in [6.07, 6.45) is 2.09. The van der Waals surface area contributed by atoms with Crippen LogP contribution in [-0.2, 0) is 13.1 Å². The molecule has 0 spiro atoms. The lowest BCUT2D eigenvalue weighted by Gasteiger charge is -2.17. The molecule has 2 N–H and O–H groups in total. The number of hydrogen-bond acceptors (Lipinski definition) is 5. The van der Waals surface area contributed by atoms with Crippen molar-refractivity contribution in [3.63, 3.8) is 0 Å². The molecular formula is C21H29N3O3S. The lowest BCUT2D eigenvalue weighted by molar-refractivity contribution is 0.347. The maximum atomic E-state index is 5.49. The number of thioether (sulfide) groups is 1. The average Bonchev–Trinajstić information content (AvgIpc) is 2.73. The highest BCUT2D eigenvalue weighted by molar-refractivity contribution is 7.98. The van der Waals surface area contributed by atoms with Crippen LogP contribution >= 0.6 is 11.8 Å². The average molecular weight is 404 g/mol. The molecule has 7 heteroatoms. The fourth-order valence-corrected chi connectivity index (χ4v) is 3.51. The van der Waals surface area contributed by atoms with Crippen molar-refractivity contribution in [2.24, 2.45) is 4.99 Å². The number of benzene rings is 2. The zero-order valence-corrected chi connectivity index (χ0v) is 18.2. The number of nitrogens with one attached hydrogen (secondary N) is 2. The summed E-state index contributed by atoms with van der Waals surface area (Å²) in [4.78, 5) is 5.58. The predicted octanol–water partition coefficient (Wildman–Crippen LogP) is 3.61. The SMILES string of the molecule is CN=C(NCc1cc(OC)c(OC)cc1OC)NCc1ccc(C)cc1SC. The van der Waals surface area contributed by atoms with Gasteiger partial charge in [-0.1, -0.05) is 12.1 Å². The standard InChI is InChI=1S/C21H29N3O3S/c1-14-7-8-15(20(9-14)28-6)12-23-21(22-2)24-13-16-10-18(26-4)19(27-5)11-17(16)25-3/h7-11H,12-13H2,1-6H3,(H2,22,23,24). The van der Waals surface area contributed by atoms with Gasteiger partial charge in [0.25, 0.3) is 0 Å². The second kappa shape index (κ2) is 10.7. The van der Waals surface area contributed by atoms with E-state index in [1.165, 1.54) is 16.0 Å². The van der Waals surface area contributed by atoms with Crippen LogP contribution < -0.4 is 24.8 Å². The van der Waals surface area contributed by atoms with Gasteiger partial charge >= 0.3 is 0 Å². The van der Waals surface area contributed by atoms with E-state index in [2.05, 4.69) is 47.0 Å². The van der Waals surface area contributed by atoms with Gasteiger partial charge in [-0.15, -0.1) is 11.8 Å². The Morgan fingerprint density at radius 3 is 2.07 bits per heavy atom. The number of nitrogens with zero attached hydrogens (tertiary/aromatic N) is 1. The van der Waals surface area contributed by atoms with Crippen molar-refractivity contribution in [1.82, 2.24) is 10.6 Å². The van der Waals surface area contributed by atoms with Crippen molar-refractivity contribution in [2.75, 3.05) is 34.6 Å². The van der Waals surface area contributed by atoms with Crippen LogP contribution in [0.2, 0.25) is 0 Å². The van der Waals surface area contributed by atoms with Gasteiger partial charge in [0.15, 0.2) is 17.5 Å². The molecule has 152 valence electrons. The quantitative estimate of drug-likeness (QED) is 0.399. The topological polar surface area (TPSA) is 64.1 Å². The second-order valence-electron chi connectivity index (χ2n) is 6.11. The molecule has 6 nitrogen and oxygen atoms in total. The van der Waals surface area contributed by atoms with E-state index in [4.69, 9.17) is 14.2 Å². The molecule has 0 aliphatic heterocycles. The minimum absolute atomic E-state index is 0.534. The molecule has 0 aliphatic rings. The Morgan fingerprint density at radius 1 is 0.893 bits per heavy atom. The van der Waals surface area contributed by atoms with Crippen LogP contribution in [-0.4, -0.2) is 40.6 Å². The number of methoxy groups -OCH3 is 3. The lowest BCUT2D eigenvalue weighted by atomic mass is 10.1. The van der Waals surface area contributed by atoms with E-state index < -0.39 is 0 Å². The van der Waals surface area contributed by atoms with Crippen LogP contribution in [0.25, 0.3) is 0 Å². The zero-order chi connectivity index (χ0) is 20.5. The van der Waals surface area contributed by atoms with Crippen LogP contribution in [0.1, 0.15) is 16.7 Å². The summed E-state index contributed by atoms with van der Waals surface area (Å²) in [5.74, 6) is 2.73. The molecule has 0 radical (unpaired) electrons. The van der Waals surface area contributed by atoms with Crippen LogP contribution in [0.5, 0.6) is 17.2 Å². The van der Waals surface area contributed by atoms with Gasteiger partial charge in [-0.3, -0.25) is 4.99 Å². The Morgan fingerprint density at radius 2 is 1.50 bits per heavy atom. The van der Waals surface area contributed by atoms with E-state index in [-0.39, 0.29) is 0 Å². The Balaban J connectivity index is 2.06. The number of guanidine groups is 1. The molecule has 0 amide bonds. The number of rotatable bonds is 8. The Bertz CT molecular complexity index is 825. The minimum atomic E-state index is 0.534. The second-order valence-corrected chi connectivity index (χ2v) is 6.96. The summed E-state index contributed by atoms with van der Waals surface area (Å²) in [6.45, 7) is 3.33. The normalized spacial score (nSPS) is 11.1. The highest BCUT2D eigenvalue weighted by atomic mass is 32.2. The molecule has 2 aromatic carbocycles. The van der Waals surface area contributed by atoms with Gasteiger partial charge in [-0.05, 0) is 36.4 Å². The number of aryl methyl sites for hydroxylation is 1. The molecule has 2 rings (SSSR count). The summed E-state index contributed by atoms with van der Waals surface area (Å²) in [6, 6.07) is 10.2. The smallest absolute Gasteiger partial charge is 0.191 e. The van der Waals surface area contributed by atoms with Crippen molar-refractivity contribution in [1.29, 1.82) is 0 Å². The fraction of sp³-hybridized carbons (Fsp3) is 0.381. The van der Waals surface area contributed by atoms with E-state index >= 15 is 0 Å². The van der Waals surface area contributed by atoms with E-state index in [0.717, 1.165) is 11.3 Å². The first-order valence-electron chi connectivity index (χ1n) is 8.93. The van der Waals surface area contributed by atoms with E-state index in [0.29, 0.717) is 30.5 Å². The predicted molar refractivity (Wildman–Crippen MR) is 116 cm³/mol. The van der Waals surface area contributed by atoms with Gasteiger partial charge in [0.2, 0.25) is 0 Å². The van der Waals surface area contributed by atoms with Gasteiger partial charge in [-0.25, -0.2) is 0 Å². The first-order chi connectivity index (χ1) is 13.6. The Labute approximate surface area is 171 Å². The Kier molecular flexibility index (Phi) is 8.32. The van der Waals surface area contributed by atoms with E-state index in [1.54, 1.807) is 40.1 Å². The van der Waals surface area contributed by atoms with Crippen LogP contribution in [0.15, 0.2) is 40.2 Å². The molecule has 28 heavy (non-hydrogen) atoms. The van der Waals surface area contributed by atoms with Gasteiger partial charge < -0.3 is 24.8 Å². The molecule has 2 aromatic rings. The van der Waals surface area contributed by atoms with E-state index in [9.17, 15) is 0 Å². The Hall–Kier alpha value is -2.54. The third-order valence-electron chi connectivity index (χ3n) is 4.35. The third-order valence-corrected chi connectivity index (χ3v) is 5.17. The van der Waals surface area contributed by atoms with Crippen molar-refractivity contribution in [2.45, 2.75) is 24.9 Å². The zero-order valence-electron chi connectivity index (χ0n) is 17.4. The molecule has 0 aromatic heterocycles. The largest absolute Gasteiger partial charge is 0.496 e. The molecule has 0 aliphatic carbocycles. The van der Waals surface area contributed by atoms with Gasteiger partial charge in [0, 0.05) is 36.7 Å². The maximum absolute atomic E-state index is 5.49. The van der Waals surface area contributed by atoms with Crippen LogP contribution in [0.3, 0.4) is 0 Å². The minimum Gasteiger partial charge on any atom is -0.496 e. The first kappa shape index (κ1) is 21.8. The monoisotopic (exact) mass is 403 g/mol. The van der Waals surface area contributed by atoms with Crippen molar-refractivity contribution in [3.05, 3.63) is 47.0 Å². The van der Waals surface area contributed by atoms with Gasteiger partial charge in [0.05, 0.1) is 21.3 Å². The summed E-state index contributed by atoms with van der Waals surface area (Å²) >= 11 is 1.75. The number of aliphatic imine (C=N–C) groups is 1. The summed E-state index contributed by atoms with van der Waals surface area (Å²) in [5, 5.41) is 6.69. The van der Waals surface area contributed by atoms with Crippen molar-refractivity contribution >= 4 is 17.7 Å². The molecule has 0 unspecified atom stereocenters. The maximum Gasteiger partial charge on any atom is 0.191 e. The molecule has 0 fully saturated rings. The summed E-state index contributed by atoms with van der Waals surface area (Å²) < 4.78 is 16.2.